The third-order valence-corrected chi connectivity index (χ3v) is 5.52. The summed E-state index contributed by atoms with van der Waals surface area (Å²) in [5.41, 5.74) is 6.31. The molecule has 5 rings (SSSR count). The van der Waals surface area contributed by atoms with Crippen molar-refractivity contribution in [1.29, 1.82) is 0 Å². The summed E-state index contributed by atoms with van der Waals surface area (Å²) < 4.78 is 11.0. The lowest BCUT2D eigenvalue weighted by molar-refractivity contribution is -0.136. The number of hydrogen-bond donors (Lipinski definition) is 3. The summed E-state index contributed by atoms with van der Waals surface area (Å²) in [5.74, 6) is -0.232. The van der Waals surface area contributed by atoms with Gasteiger partial charge in [0, 0.05) is 5.92 Å². The number of imidazole rings is 1. The number of ether oxygens (including phenoxy) is 2. The predicted octanol–water partition coefficient (Wildman–Crippen LogP) is 3.48. The SMILES string of the molecule is COc1ccc(C2C3=C(COC3=O)Cc3ccc4[nH]c(=S)[nH]c4c32)cc1O. The quantitative estimate of drug-likeness (QED) is 0.468. The first-order chi connectivity index (χ1) is 13.1. The van der Waals surface area contributed by atoms with Crippen LogP contribution in [0.25, 0.3) is 11.0 Å². The number of methoxy groups -OCH3 is 1. The van der Waals surface area contributed by atoms with Crippen LogP contribution < -0.4 is 4.74 Å². The Morgan fingerprint density at radius 2 is 2.11 bits per heavy atom. The molecule has 6 nitrogen and oxygen atoms in total. The van der Waals surface area contributed by atoms with Gasteiger partial charge in [-0.15, -0.1) is 0 Å². The zero-order valence-electron chi connectivity index (χ0n) is 14.5. The predicted molar refractivity (Wildman–Crippen MR) is 102 cm³/mol. The maximum absolute atomic E-state index is 12.5. The highest BCUT2D eigenvalue weighted by molar-refractivity contribution is 7.71. The average molecular weight is 380 g/mol. The van der Waals surface area contributed by atoms with Gasteiger partial charge in [0.05, 0.1) is 23.7 Å². The minimum Gasteiger partial charge on any atom is -0.504 e. The van der Waals surface area contributed by atoms with E-state index in [2.05, 4.69) is 16.0 Å². The molecule has 136 valence electrons. The summed E-state index contributed by atoms with van der Waals surface area (Å²) in [5, 5.41) is 10.3. The third kappa shape index (κ3) is 2.31. The van der Waals surface area contributed by atoms with E-state index in [1.165, 1.54) is 7.11 Å². The molecule has 1 aliphatic carbocycles. The molecule has 1 atom stereocenters. The molecule has 2 aliphatic rings. The van der Waals surface area contributed by atoms with Crippen molar-refractivity contribution in [3.8, 4) is 11.5 Å². The van der Waals surface area contributed by atoms with Crippen molar-refractivity contribution in [3.63, 3.8) is 0 Å². The molecule has 2 heterocycles. The number of aromatic nitrogens is 2. The molecule has 2 aromatic carbocycles. The number of fused-ring (bicyclic) bond motifs is 3. The number of nitrogens with one attached hydrogen (secondary N) is 2. The summed E-state index contributed by atoms with van der Waals surface area (Å²) in [6.07, 6.45) is 0.663. The molecule has 0 radical (unpaired) electrons. The Balaban J connectivity index is 1.82. The molecule has 3 aromatic rings. The monoisotopic (exact) mass is 380 g/mol. The van der Waals surface area contributed by atoms with Crippen molar-refractivity contribution in [1.82, 2.24) is 9.97 Å². The van der Waals surface area contributed by atoms with Crippen molar-refractivity contribution >= 4 is 29.2 Å². The zero-order chi connectivity index (χ0) is 18.7. The standard InChI is InChI=1S/C20H16N2O4S/c1-25-14-5-3-10(7-13(14)23)15-16-9(6-11-8-26-19(24)17(11)15)2-4-12-18(16)22-20(27)21-12/h2-5,7,15,23H,6,8H2,1H3,(H2,21,22,27). The Kier molecular flexibility index (Phi) is 3.42. The lowest BCUT2D eigenvalue weighted by Gasteiger charge is -2.27. The molecular weight excluding hydrogens is 364 g/mol. The lowest BCUT2D eigenvalue weighted by atomic mass is 9.75. The number of hydrogen-bond acceptors (Lipinski definition) is 5. The fourth-order valence-electron chi connectivity index (χ4n) is 4.17. The van der Waals surface area contributed by atoms with Crippen LogP contribution in [0.5, 0.6) is 11.5 Å². The van der Waals surface area contributed by atoms with Crippen molar-refractivity contribution in [3.05, 3.63) is 62.9 Å². The van der Waals surface area contributed by atoms with Crippen LogP contribution in [0.1, 0.15) is 22.6 Å². The summed E-state index contributed by atoms with van der Waals surface area (Å²) >= 11 is 5.27. The molecule has 7 heteroatoms. The Morgan fingerprint density at radius 3 is 2.89 bits per heavy atom. The average Bonchev–Trinajstić information content (AvgIpc) is 3.22. The molecule has 3 N–H and O–H groups in total. The van der Waals surface area contributed by atoms with E-state index in [1.807, 2.05) is 12.1 Å². The lowest BCUT2D eigenvalue weighted by Crippen LogP contribution is -2.18. The maximum atomic E-state index is 12.5. The number of rotatable bonds is 2. The van der Waals surface area contributed by atoms with Crippen molar-refractivity contribution in [2.24, 2.45) is 0 Å². The van der Waals surface area contributed by atoms with Crippen LogP contribution in [0.4, 0.5) is 0 Å². The molecule has 0 spiro atoms. The second-order valence-electron chi connectivity index (χ2n) is 6.77. The number of phenols is 1. The Hall–Kier alpha value is -3.06. The van der Waals surface area contributed by atoms with E-state index in [0.29, 0.717) is 29.1 Å². The van der Waals surface area contributed by atoms with Gasteiger partial charge in [-0.25, -0.2) is 4.79 Å². The van der Waals surface area contributed by atoms with Crippen molar-refractivity contribution in [2.75, 3.05) is 13.7 Å². The van der Waals surface area contributed by atoms with Crippen molar-refractivity contribution in [2.45, 2.75) is 12.3 Å². The Bertz CT molecular complexity index is 1200. The largest absolute Gasteiger partial charge is 0.504 e. The van der Waals surface area contributed by atoms with Gasteiger partial charge in [0.25, 0.3) is 0 Å². The maximum Gasteiger partial charge on any atom is 0.335 e. The van der Waals surface area contributed by atoms with E-state index in [0.717, 1.165) is 33.3 Å². The highest BCUT2D eigenvalue weighted by atomic mass is 32.1. The van der Waals surface area contributed by atoms with Gasteiger partial charge >= 0.3 is 5.97 Å². The minimum absolute atomic E-state index is 0.0322. The van der Waals surface area contributed by atoms with Crippen LogP contribution in [0.15, 0.2) is 41.5 Å². The fraction of sp³-hybridized carbons (Fsp3) is 0.200. The van der Waals surface area contributed by atoms with Crippen LogP contribution in [-0.4, -0.2) is 34.8 Å². The molecule has 0 saturated carbocycles. The van der Waals surface area contributed by atoms with Crippen LogP contribution in [0.2, 0.25) is 0 Å². The van der Waals surface area contributed by atoms with Gasteiger partial charge in [-0.1, -0.05) is 12.1 Å². The van der Waals surface area contributed by atoms with E-state index in [-0.39, 0.29) is 17.6 Å². The number of carbonyl (C=O) groups excluding carboxylic acids is 1. The normalized spacial score (nSPS) is 18.4. The number of benzene rings is 2. The summed E-state index contributed by atoms with van der Waals surface area (Å²) in [4.78, 5) is 18.9. The van der Waals surface area contributed by atoms with Crippen LogP contribution in [-0.2, 0) is 16.0 Å². The number of aromatic amines is 2. The number of cyclic esters (lactones) is 1. The van der Waals surface area contributed by atoms with Gasteiger partial charge in [-0.2, -0.15) is 0 Å². The molecule has 1 unspecified atom stereocenters. The van der Waals surface area contributed by atoms with Crippen LogP contribution in [0.3, 0.4) is 0 Å². The van der Waals surface area contributed by atoms with E-state index in [4.69, 9.17) is 21.7 Å². The Morgan fingerprint density at radius 1 is 1.26 bits per heavy atom. The highest BCUT2D eigenvalue weighted by Crippen LogP contribution is 2.47. The number of phenolic OH excluding ortho intramolecular Hbond substituents is 1. The third-order valence-electron chi connectivity index (χ3n) is 5.32. The molecule has 0 saturated heterocycles. The van der Waals surface area contributed by atoms with Gasteiger partial charge < -0.3 is 24.5 Å². The molecular formula is C20H16N2O4S. The Labute approximate surface area is 159 Å². The second-order valence-corrected chi connectivity index (χ2v) is 7.18. The van der Waals surface area contributed by atoms with Gasteiger partial charge in [0.2, 0.25) is 0 Å². The number of esters is 1. The molecule has 1 aromatic heterocycles. The number of H-pyrrole nitrogens is 2. The highest BCUT2D eigenvalue weighted by Gasteiger charge is 2.39. The molecule has 0 amide bonds. The molecule has 0 fully saturated rings. The summed E-state index contributed by atoms with van der Waals surface area (Å²) in [7, 11) is 1.50. The number of carbonyl (C=O) groups is 1. The van der Waals surface area contributed by atoms with E-state index < -0.39 is 0 Å². The minimum atomic E-state index is -0.347. The molecule has 27 heavy (non-hydrogen) atoms. The fourth-order valence-corrected chi connectivity index (χ4v) is 4.38. The molecule has 1 aliphatic heterocycles. The van der Waals surface area contributed by atoms with E-state index in [9.17, 15) is 9.90 Å². The molecule has 0 bridgehead atoms. The van der Waals surface area contributed by atoms with Crippen molar-refractivity contribution < 1.29 is 19.4 Å². The van der Waals surface area contributed by atoms with Gasteiger partial charge in [-0.05, 0) is 59.1 Å². The van der Waals surface area contributed by atoms with Crippen LogP contribution in [0, 0.1) is 4.77 Å². The summed E-state index contributed by atoms with van der Waals surface area (Å²) in [6, 6.07) is 9.27. The van der Waals surface area contributed by atoms with E-state index in [1.54, 1.807) is 12.1 Å². The van der Waals surface area contributed by atoms with Gasteiger partial charge in [0.1, 0.15) is 6.61 Å². The smallest absolute Gasteiger partial charge is 0.335 e. The second kappa shape index (κ2) is 5.72. The zero-order valence-corrected chi connectivity index (χ0v) is 15.3. The summed E-state index contributed by atoms with van der Waals surface area (Å²) in [6.45, 7) is 0.313. The topological polar surface area (TPSA) is 87.3 Å². The van der Waals surface area contributed by atoms with Crippen LogP contribution >= 0.6 is 12.2 Å². The first kappa shape index (κ1) is 16.1. The van der Waals surface area contributed by atoms with E-state index >= 15 is 0 Å². The van der Waals surface area contributed by atoms with Gasteiger partial charge in [0.15, 0.2) is 16.3 Å². The first-order valence-corrected chi connectivity index (χ1v) is 8.97. The first-order valence-electron chi connectivity index (χ1n) is 8.56. The van der Waals surface area contributed by atoms with Gasteiger partial charge in [-0.3, -0.25) is 0 Å². The number of aromatic hydroxyl groups is 1.